The van der Waals surface area contributed by atoms with Gasteiger partial charge in [0.15, 0.2) is 0 Å². The Balaban J connectivity index is 1.83. The van der Waals surface area contributed by atoms with Crippen LogP contribution in [0.25, 0.3) is 0 Å². The highest BCUT2D eigenvalue weighted by atomic mass is 16.1. The molecule has 0 N–H and O–H groups in total. The molecule has 0 amide bonds. The lowest BCUT2D eigenvalue weighted by atomic mass is 9.70. The largest absolute Gasteiger partial charge is 0.299 e. The second-order valence-corrected chi connectivity index (χ2v) is 5.95. The molecule has 15 heavy (non-hydrogen) atoms. The number of hydrogen-bond donors (Lipinski definition) is 0. The molecule has 0 spiro atoms. The molecule has 0 aromatic carbocycles. The molecule has 86 valence electrons. The van der Waals surface area contributed by atoms with E-state index in [1.807, 2.05) is 0 Å². The molecule has 0 bridgehead atoms. The molecule has 2 saturated carbocycles. The van der Waals surface area contributed by atoms with Crippen molar-refractivity contribution in [1.29, 1.82) is 0 Å². The average molecular weight is 208 g/mol. The third-order valence-corrected chi connectivity index (χ3v) is 4.64. The Hall–Kier alpha value is -0.330. The zero-order valence-electron chi connectivity index (χ0n) is 10.2. The van der Waals surface area contributed by atoms with Crippen LogP contribution in [-0.2, 0) is 4.79 Å². The Morgan fingerprint density at radius 1 is 1.33 bits per heavy atom. The van der Waals surface area contributed by atoms with Crippen molar-refractivity contribution < 1.29 is 4.79 Å². The molecule has 0 aromatic rings. The van der Waals surface area contributed by atoms with Gasteiger partial charge in [-0.1, -0.05) is 33.1 Å². The van der Waals surface area contributed by atoms with Crippen molar-refractivity contribution in [2.75, 3.05) is 0 Å². The van der Waals surface area contributed by atoms with Gasteiger partial charge in [0.2, 0.25) is 0 Å². The van der Waals surface area contributed by atoms with Gasteiger partial charge in [0.1, 0.15) is 5.78 Å². The van der Waals surface area contributed by atoms with E-state index in [4.69, 9.17) is 0 Å². The fourth-order valence-electron chi connectivity index (χ4n) is 3.21. The van der Waals surface area contributed by atoms with E-state index >= 15 is 0 Å². The monoisotopic (exact) mass is 208 g/mol. The van der Waals surface area contributed by atoms with Gasteiger partial charge < -0.3 is 0 Å². The van der Waals surface area contributed by atoms with Crippen molar-refractivity contribution >= 4 is 5.78 Å². The van der Waals surface area contributed by atoms with Gasteiger partial charge in [-0.3, -0.25) is 4.79 Å². The second kappa shape index (κ2) is 4.67. The number of ketones is 1. The van der Waals surface area contributed by atoms with Crippen LogP contribution in [0.15, 0.2) is 0 Å². The molecule has 2 aliphatic rings. The molecule has 0 heterocycles. The SMILES string of the molecule is CC1CCC(=O)C(CC(C)C2CCC2)C1. The van der Waals surface area contributed by atoms with E-state index < -0.39 is 0 Å². The summed E-state index contributed by atoms with van der Waals surface area (Å²) in [5.41, 5.74) is 0. The Bertz CT molecular complexity index is 229. The molecule has 1 nitrogen and oxygen atoms in total. The third kappa shape index (κ3) is 2.62. The van der Waals surface area contributed by atoms with Crippen LogP contribution < -0.4 is 0 Å². The van der Waals surface area contributed by atoms with E-state index in [1.165, 1.54) is 25.7 Å². The first kappa shape index (κ1) is 11.2. The van der Waals surface area contributed by atoms with Gasteiger partial charge >= 0.3 is 0 Å². The van der Waals surface area contributed by atoms with Crippen molar-refractivity contribution in [3.8, 4) is 0 Å². The second-order valence-electron chi connectivity index (χ2n) is 5.95. The molecule has 0 aromatic heterocycles. The number of hydrogen-bond acceptors (Lipinski definition) is 1. The van der Waals surface area contributed by atoms with Crippen LogP contribution in [0.5, 0.6) is 0 Å². The van der Waals surface area contributed by atoms with Crippen molar-refractivity contribution in [2.45, 2.75) is 58.8 Å². The summed E-state index contributed by atoms with van der Waals surface area (Å²) in [5.74, 6) is 3.47. The molecule has 0 saturated heterocycles. The minimum absolute atomic E-state index is 0.407. The van der Waals surface area contributed by atoms with Crippen molar-refractivity contribution in [3.05, 3.63) is 0 Å². The zero-order chi connectivity index (χ0) is 10.8. The first-order chi connectivity index (χ1) is 7.16. The Labute approximate surface area is 93.6 Å². The lowest BCUT2D eigenvalue weighted by Crippen LogP contribution is -2.29. The molecule has 3 atom stereocenters. The Morgan fingerprint density at radius 3 is 2.67 bits per heavy atom. The number of Topliss-reactive ketones (excluding diaryl/α,β-unsaturated/α-hetero) is 1. The highest BCUT2D eigenvalue weighted by Gasteiger charge is 2.31. The predicted octanol–water partition coefficient (Wildman–Crippen LogP) is 3.82. The van der Waals surface area contributed by atoms with Crippen LogP contribution in [0.2, 0.25) is 0 Å². The molecule has 2 aliphatic carbocycles. The van der Waals surface area contributed by atoms with Crippen LogP contribution >= 0.6 is 0 Å². The van der Waals surface area contributed by atoms with Crippen LogP contribution in [0.1, 0.15) is 58.8 Å². The van der Waals surface area contributed by atoms with E-state index in [-0.39, 0.29) is 0 Å². The summed E-state index contributed by atoms with van der Waals surface area (Å²) in [4.78, 5) is 11.8. The summed E-state index contributed by atoms with van der Waals surface area (Å²) in [5, 5.41) is 0. The molecule has 1 heteroatoms. The molecular weight excluding hydrogens is 184 g/mol. The van der Waals surface area contributed by atoms with Crippen molar-refractivity contribution in [3.63, 3.8) is 0 Å². The quantitative estimate of drug-likeness (QED) is 0.689. The fourth-order valence-corrected chi connectivity index (χ4v) is 3.21. The lowest BCUT2D eigenvalue weighted by Gasteiger charge is -2.35. The summed E-state index contributed by atoms with van der Waals surface area (Å²) < 4.78 is 0. The summed E-state index contributed by atoms with van der Waals surface area (Å²) in [6.45, 7) is 4.66. The van der Waals surface area contributed by atoms with Crippen LogP contribution in [0, 0.1) is 23.7 Å². The normalized spacial score (nSPS) is 34.9. The number of carbonyl (C=O) groups is 1. The smallest absolute Gasteiger partial charge is 0.136 e. The standard InChI is InChI=1S/C14H24O/c1-10-6-7-14(15)13(8-10)9-11(2)12-4-3-5-12/h10-13H,3-9H2,1-2H3. The minimum atomic E-state index is 0.407. The lowest BCUT2D eigenvalue weighted by molar-refractivity contribution is -0.126. The summed E-state index contributed by atoms with van der Waals surface area (Å²) in [6, 6.07) is 0. The minimum Gasteiger partial charge on any atom is -0.299 e. The van der Waals surface area contributed by atoms with Gasteiger partial charge in [-0.15, -0.1) is 0 Å². The Kier molecular flexibility index (Phi) is 3.48. The number of carbonyl (C=O) groups excluding carboxylic acids is 1. The summed E-state index contributed by atoms with van der Waals surface area (Å²) in [6.07, 6.45) is 8.57. The maximum absolute atomic E-state index is 11.8. The molecule has 0 aliphatic heterocycles. The van der Waals surface area contributed by atoms with Gasteiger partial charge in [0.25, 0.3) is 0 Å². The summed E-state index contributed by atoms with van der Waals surface area (Å²) >= 11 is 0. The number of rotatable bonds is 3. The molecular formula is C14H24O. The van der Waals surface area contributed by atoms with Crippen LogP contribution in [0.4, 0.5) is 0 Å². The summed E-state index contributed by atoms with van der Waals surface area (Å²) in [7, 11) is 0. The molecule has 0 radical (unpaired) electrons. The molecule has 2 fully saturated rings. The van der Waals surface area contributed by atoms with Crippen molar-refractivity contribution in [2.24, 2.45) is 23.7 Å². The topological polar surface area (TPSA) is 17.1 Å². The predicted molar refractivity (Wildman–Crippen MR) is 62.6 cm³/mol. The van der Waals surface area contributed by atoms with E-state index in [1.54, 1.807) is 0 Å². The zero-order valence-corrected chi connectivity index (χ0v) is 10.2. The average Bonchev–Trinajstić information content (AvgIpc) is 2.08. The van der Waals surface area contributed by atoms with Crippen LogP contribution in [0.3, 0.4) is 0 Å². The first-order valence-corrected chi connectivity index (χ1v) is 6.69. The Morgan fingerprint density at radius 2 is 2.07 bits per heavy atom. The first-order valence-electron chi connectivity index (χ1n) is 6.69. The van der Waals surface area contributed by atoms with Gasteiger partial charge in [-0.25, -0.2) is 0 Å². The fraction of sp³-hybridized carbons (Fsp3) is 0.929. The maximum Gasteiger partial charge on any atom is 0.136 e. The highest BCUT2D eigenvalue weighted by molar-refractivity contribution is 5.81. The van der Waals surface area contributed by atoms with E-state index in [9.17, 15) is 4.79 Å². The van der Waals surface area contributed by atoms with E-state index in [0.29, 0.717) is 11.7 Å². The van der Waals surface area contributed by atoms with Gasteiger partial charge in [0, 0.05) is 12.3 Å². The van der Waals surface area contributed by atoms with Crippen LogP contribution in [-0.4, -0.2) is 5.78 Å². The van der Waals surface area contributed by atoms with E-state index in [2.05, 4.69) is 13.8 Å². The highest BCUT2D eigenvalue weighted by Crippen LogP contribution is 2.39. The maximum atomic E-state index is 11.8. The van der Waals surface area contributed by atoms with Gasteiger partial charge in [0.05, 0.1) is 0 Å². The third-order valence-electron chi connectivity index (χ3n) is 4.64. The van der Waals surface area contributed by atoms with Gasteiger partial charge in [-0.2, -0.15) is 0 Å². The molecule has 3 unspecified atom stereocenters. The van der Waals surface area contributed by atoms with E-state index in [0.717, 1.165) is 37.0 Å². The van der Waals surface area contributed by atoms with Gasteiger partial charge in [-0.05, 0) is 37.0 Å². The van der Waals surface area contributed by atoms with Crippen molar-refractivity contribution in [1.82, 2.24) is 0 Å². The molecule has 2 rings (SSSR count).